The number of nitrogens with zero attached hydrogens (tertiary/aromatic N) is 2. The Balaban J connectivity index is 2.23. The minimum atomic E-state index is -3.49. The number of hydrogen-bond acceptors (Lipinski definition) is 4. The third-order valence-electron chi connectivity index (χ3n) is 3.77. The number of nitriles is 1. The lowest BCUT2D eigenvalue weighted by Gasteiger charge is -2.22. The van der Waals surface area contributed by atoms with Crippen molar-refractivity contribution < 1.29 is 13.2 Å². The first-order valence-corrected chi connectivity index (χ1v) is 9.20. The number of amides is 2. The van der Waals surface area contributed by atoms with E-state index in [-0.39, 0.29) is 29.1 Å². The van der Waals surface area contributed by atoms with Gasteiger partial charge in [0.25, 0.3) is 0 Å². The van der Waals surface area contributed by atoms with Crippen LogP contribution in [0.15, 0.2) is 29.2 Å². The normalized spacial score (nSPS) is 14.3. The van der Waals surface area contributed by atoms with Crippen LogP contribution < -0.4 is 5.32 Å². The van der Waals surface area contributed by atoms with Crippen molar-refractivity contribution >= 4 is 21.6 Å². The molecule has 0 heterocycles. The first-order chi connectivity index (χ1) is 10.9. The van der Waals surface area contributed by atoms with Crippen LogP contribution in [0, 0.1) is 11.3 Å². The van der Waals surface area contributed by atoms with Crippen LogP contribution in [0.3, 0.4) is 0 Å². The summed E-state index contributed by atoms with van der Waals surface area (Å²) in [5.41, 5.74) is 0.286. The maximum absolute atomic E-state index is 12.5. The summed E-state index contributed by atoms with van der Waals surface area (Å²) >= 11 is 0. The van der Waals surface area contributed by atoms with E-state index in [4.69, 9.17) is 5.26 Å². The highest BCUT2D eigenvalue weighted by Gasteiger charge is 2.33. The third kappa shape index (κ3) is 4.02. The molecule has 124 valence electrons. The molecule has 1 N–H and O–H groups in total. The van der Waals surface area contributed by atoms with Crippen molar-refractivity contribution in [3.05, 3.63) is 24.3 Å². The van der Waals surface area contributed by atoms with Crippen molar-refractivity contribution in [3.8, 4) is 6.07 Å². The van der Waals surface area contributed by atoms with Crippen LogP contribution in [-0.4, -0.2) is 37.2 Å². The van der Waals surface area contributed by atoms with Crippen molar-refractivity contribution in [1.82, 2.24) is 4.90 Å². The molecule has 1 saturated carbocycles. The summed E-state index contributed by atoms with van der Waals surface area (Å²) in [5.74, 6) is 0. The standard InChI is InChI=1S/C16H21N3O3S/c1-12(2)23(21,22)15-7-4-3-6-14(15)18-16(20)19(11-5-10-17)13-8-9-13/h3-4,6-7,12-13H,5,8-9,11H2,1-2H3,(H,18,20). The van der Waals surface area contributed by atoms with E-state index in [1.54, 1.807) is 36.9 Å². The average molecular weight is 335 g/mol. The summed E-state index contributed by atoms with van der Waals surface area (Å²) in [6.45, 7) is 3.57. The van der Waals surface area contributed by atoms with Crippen LogP contribution in [0.25, 0.3) is 0 Å². The van der Waals surface area contributed by atoms with E-state index in [2.05, 4.69) is 5.32 Å². The van der Waals surface area contributed by atoms with Gasteiger partial charge in [0.2, 0.25) is 0 Å². The van der Waals surface area contributed by atoms with Gasteiger partial charge in [-0.2, -0.15) is 5.26 Å². The molecule has 0 aliphatic heterocycles. The van der Waals surface area contributed by atoms with Gasteiger partial charge in [-0.3, -0.25) is 0 Å². The predicted octanol–water partition coefficient (Wildman–Crippen LogP) is 2.78. The molecule has 1 aromatic carbocycles. The Labute approximate surface area is 137 Å². The zero-order valence-corrected chi connectivity index (χ0v) is 14.1. The Hall–Kier alpha value is -2.07. The summed E-state index contributed by atoms with van der Waals surface area (Å²) in [4.78, 5) is 14.2. The zero-order valence-electron chi connectivity index (χ0n) is 13.3. The molecule has 0 aromatic heterocycles. The second-order valence-corrected chi connectivity index (χ2v) is 8.33. The van der Waals surface area contributed by atoms with Crippen LogP contribution >= 0.6 is 0 Å². The van der Waals surface area contributed by atoms with Gasteiger partial charge in [-0.25, -0.2) is 13.2 Å². The molecular weight excluding hydrogens is 314 g/mol. The SMILES string of the molecule is CC(C)S(=O)(=O)c1ccccc1NC(=O)N(CCC#N)C1CC1. The van der Waals surface area contributed by atoms with Crippen LogP contribution in [-0.2, 0) is 9.84 Å². The second kappa shape index (κ2) is 7.01. The number of carbonyl (C=O) groups excluding carboxylic acids is 1. The van der Waals surface area contributed by atoms with Crippen molar-refractivity contribution in [2.24, 2.45) is 0 Å². The highest BCUT2D eigenvalue weighted by atomic mass is 32.2. The van der Waals surface area contributed by atoms with E-state index in [1.165, 1.54) is 6.07 Å². The van der Waals surface area contributed by atoms with Gasteiger partial charge in [-0.15, -0.1) is 0 Å². The quantitative estimate of drug-likeness (QED) is 0.865. The van der Waals surface area contributed by atoms with Crippen molar-refractivity contribution in [2.45, 2.75) is 49.3 Å². The maximum atomic E-state index is 12.5. The van der Waals surface area contributed by atoms with Gasteiger partial charge in [0.1, 0.15) is 0 Å². The molecule has 1 fully saturated rings. The Kier molecular flexibility index (Phi) is 5.26. The van der Waals surface area contributed by atoms with Gasteiger partial charge < -0.3 is 10.2 Å². The molecule has 0 saturated heterocycles. The molecule has 1 aromatic rings. The van der Waals surface area contributed by atoms with Gasteiger partial charge in [-0.1, -0.05) is 12.1 Å². The number of rotatable bonds is 6. The first-order valence-electron chi connectivity index (χ1n) is 7.65. The summed E-state index contributed by atoms with van der Waals surface area (Å²) in [6, 6.07) is 8.24. The van der Waals surface area contributed by atoms with Crippen LogP contribution in [0.2, 0.25) is 0 Å². The Morgan fingerprint density at radius 2 is 2.04 bits per heavy atom. The second-order valence-electron chi connectivity index (χ2n) is 5.85. The number of sulfone groups is 1. The summed E-state index contributed by atoms with van der Waals surface area (Å²) in [6.07, 6.45) is 2.10. The fourth-order valence-corrected chi connectivity index (χ4v) is 3.47. The van der Waals surface area contributed by atoms with Gasteiger partial charge in [0.15, 0.2) is 9.84 Å². The molecule has 0 spiro atoms. The fraction of sp³-hybridized carbons (Fsp3) is 0.500. The Bertz CT molecular complexity index is 718. The third-order valence-corrected chi connectivity index (χ3v) is 5.98. The number of nitrogens with one attached hydrogen (secondary N) is 1. The smallest absolute Gasteiger partial charge is 0.321 e. The molecule has 0 bridgehead atoms. The highest BCUT2D eigenvalue weighted by molar-refractivity contribution is 7.92. The number of carbonyl (C=O) groups is 1. The number of hydrogen-bond donors (Lipinski definition) is 1. The largest absolute Gasteiger partial charge is 0.322 e. The lowest BCUT2D eigenvalue weighted by atomic mass is 10.3. The molecule has 1 aliphatic carbocycles. The van der Waals surface area contributed by atoms with Gasteiger partial charge in [0, 0.05) is 12.6 Å². The maximum Gasteiger partial charge on any atom is 0.322 e. The minimum Gasteiger partial charge on any atom is -0.321 e. The van der Waals surface area contributed by atoms with E-state index >= 15 is 0 Å². The number of anilines is 1. The Morgan fingerprint density at radius 3 is 2.61 bits per heavy atom. The van der Waals surface area contributed by atoms with Crippen LogP contribution in [0.1, 0.15) is 33.1 Å². The Morgan fingerprint density at radius 1 is 1.39 bits per heavy atom. The molecule has 2 amide bonds. The average Bonchev–Trinajstić information content (AvgIpc) is 3.32. The fourth-order valence-electron chi connectivity index (χ4n) is 2.27. The van der Waals surface area contributed by atoms with Crippen LogP contribution in [0.5, 0.6) is 0 Å². The number of urea groups is 1. The molecular formula is C16H21N3O3S. The van der Waals surface area contributed by atoms with Gasteiger partial charge >= 0.3 is 6.03 Å². The van der Waals surface area contributed by atoms with E-state index in [0.29, 0.717) is 6.54 Å². The molecule has 2 rings (SSSR count). The van der Waals surface area contributed by atoms with Crippen molar-refractivity contribution in [3.63, 3.8) is 0 Å². The zero-order chi connectivity index (χ0) is 17.0. The lowest BCUT2D eigenvalue weighted by Crippen LogP contribution is -2.37. The van der Waals surface area contributed by atoms with Crippen LogP contribution in [0.4, 0.5) is 10.5 Å². The molecule has 6 nitrogen and oxygen atoms in total. The summed E-state index contributed by atoms with van der Waals surface area (Å²) in [5, 5.41) is 10.8. The summed E-state index contributed by atoms with van der Waals surface area (Å²) in [7, 11) is -3.49. The predicted molar refractivity (Wildman–Crippen MR) is 87.7 cm³/mol. The van der Waals surface area contributed by atoms with Gasteiger partial charge in [-0.05, 0) is 38.8 Å². The molecule has 0 atom stereocenters. The molecule has 7 heteroatoms. The molecule has 0 radical (unpaired) electrons. The summed E-state index contributed by atoms with van der Waals surface area (Å²) < 4.78 is 24.8. The minimum absolute atomic E-state index is 0.124. The molecule has 23 heavy (non-hydrogen) atoms. The van der Waals surface area contributed by atoms with Crippen molar-refractivity contribution in [2.75, 3.05) is 11.9 Å². The van der Waals surface area contributed by atoms with Crippen molar-refractivity contribution in [1.29, 1.82) is 5.26 Å². The monoisotopic (exact) mass is 335 g/mol. The molecule has 1 aliphatic rings. The molecule has 0 unspecified atom stereocenters. The topological polar surface area (TPSA) is 90.3 Å². The van der Waals surface area contributed by atoms with E-state index in [0.717, 1.165) is 12.8 Å². The lowest BCUT2D eigenvalue weighted by molar-refractivity contribution is 0.210. The number of para-hydroxylation sites is 1. The first kappa shape index (κ1) is 17.3. The van der Waals surface area contributed by atoms with E-state index < -0.39 is 15.1 Å². The highest BCUT2D eigenvalue weighted by Crippen LogP contribution is 2.29. The van der Waals surface area contributed by atoms with Gasteiger partial charge in [0.05, 0.1) is 28.3 Å². The van der Waals surface area contributed by atoms with E-state index in [1.807, 2.05) is 6.07 Å². The number of benzene rings is 1. The van der Waals surface area contributed by atoms with E-state index in [9.17, 15) is 13.2 Å².